The van der Waals surface area contributed by atoms with E-state index in [0.29, 0.717) is 5.69 Å². The lowest BCUT2D eigenvalue weighted by atomic mass is 9.87. The zero-order chi connectivity index (χ0) is 28.6. The molecule has 208 valence electrons. The van der Waals surface area contributed by atoms with Gasteiger partial charge < -0.3 is 5.32 Å². The van der Waals surface area contributed by atoms with Gasteiger partial charge in [-0.2, -0.15) is 0 Å². The van der Waals surface area contributed by atoms with Crippen molar-refractivity contribution in [3.63, 3.8) is 0 Å². The second kappa shape index (κ2) is 10.9. The highest BCUT2D eigenvalue weighted by molar-refractivity contribution is 6.31. The summed E-state index contributed by atoms with van der Waals surface area (Å²) in [6.45, 7) is 1.75. The Balaban J connectivity index is 1.60. The fourth-order valence-electron chi connectivity index (χ4n) is 5.20. The highest BCUT2D eigenvalue weighted by Crippen LogP contribution is 2.39. The number of anilines is 2. The molecule has 7 nitrogen and oxygen atoms in total. The van der Waals surface area contributed by atoms with Crippen LogP contribution in [0.5, 0.6) is 0 Å². The van der Waals surface area contributed by atoms with Crippen LogP contribution in [0.1, 0.15) is 43.0 Å². The third kappa shape index (κ3) is 5.54. The molecule has 1 aliphatic carbocycles. The molecule has 5 rings (SSSR count). The van der Waals surface area contributed by atoms with Crippen molar-refractivity contribution in [2.45, 2.75) is 56.7 Å². The molecular weight excluding hydrogens is 545 g/mol. The summed E-state index contributed by atoms with van der Waals surface area (Å²) in [7, 11) is 0. The molecule has 3 aromatic rings. The van der Waals surface area contributed by atoms with Gasteiger partial charge in [-0.25, -0.2) is 18.2 Å². The van der Waals surface area contributed by atoms with Crippen LogP contribution < -0.4 is 15.1 Å². The maximum Gasteiger partial charge on any atom is 0.252 e. The minimum atomic E-state index is -2.89. The second-order valence-electron chi connectivity index (χ2n) is 10.0. The molecule has 0 radical (unpaired) electrons. The largest absolute Gasteiger partial charge is 0.351 e. The van der Waals surface area contributed by atoms with Gasteiger partial charge in [-0.05, 0) is 49.7 Å². The minimum Gasteiger partial charge on any atom is -0.351 e. The van der Waals surface area contributed by atoms with E-state index in [1.165, 1.54) is 29.2 Å². The number of rotatable bonds is 7. The van der Waals surface area contributed by atoms with Crippen molar-refractivity contribution in [2.75, 3.05) is 9.80 Å². The lowest BCUT2D eigenvalue weighted by Gasteiger charge is -2.39. The topological polar surface area (TPSA) is 82.6 Å². The fraction of sp³-hybridized carbons (Fsp3) is 0.310. The van der Waals surface area contributed by atoms with Crippen molar-refractivity contribution in [2.24, 2.45) is 0 Å². The van der Waals surface area contributed by atoms with Gasteiger partial charge in [0.15, 0.2) is 0 Å². The molecule has 3 amide bonds. The number of aryl methyl sites for hydroxylation is 1. The van der Waals surface area contributed by atoms with Crippen LogP contribution >= 0.6 is 11.6 Å². The van der Waals surface area contributed by atoms with Crippen LogP contribution in [0.4, 0.5) is 24.7 Å². The predicted octanol–water partition coefficient (Wildman–Crippen LogP) is 5.37. The van der Waals surface area contributed by atoms with Crippen LogP contribution in [0.2, 0.25) is 5.02 Å². The first-order valence-electron chi connectivity index (χ1n) is 12.8. The summed E-state index contributed by atoms with van der Waals surface area (Å²) in [5.41, 5.74) is 0.895. The van der Waals surface area contributed by atoms with Crippen LogP contribution in [-0.4, -0.2) is 40.7 Å². The molecule has 2 aliphatic rings. The van der Waals surface area contributed by atoms with E-state index in [2.05, 4.69) is 10.3 Å². The van der Waals surface area contributed by atoms with Crippen molar-refractivity contribution in [1.82, 2.24) is 10.3 Å². The summed E-state index contributed by atoms with van der Waals surface area (Å²) >= 11 is 6.50. The smallest absolute Gasteiger partial charge is 0.252 e. The number of nitrogens with one attached hydrogen (secondary N) is 1. The monoisotopic (exact) mass is 570 g/mol. The molecule has 11 heteroatoms. The highest BCUT2D eigenvalue weighted by Gasteiger charge is 2.48. The molecule has 40 heavy (non-hydrogen) atoms. The summed E-state index contributed by atoms with van der Waals surface area (Å²) in [5.74, 6) is -5.02. The first kappa shape index (κ1) is 27.6. The SMILES string of the molecule is Cc1cccc(N2C(=O)CCC2C(=O)N(c2cccc(F)c2)C(C(=O)NC2CC(F)(F)C2)c2ccccc2Cl)n1. The number of carbonyl (C=O) groups excluding carboxylic acids is 3. The quantitative estimate of drug-likeness (QED) is 0.414. The number of aromatic nitrogens is 1. The van der Waals surface area contributed by atoms with Crippen LogP contribution in [0.25, 0.3) is 0 Å². The van der Waals surface area contributed by atoms with E-state index in [1.807, 2.05) is 0 Å². The maximum absolute atomic E-state index is 14.5. The summed E-state index contributed by atoms with van der Waals surface area (Å²) in [6.07, 6.45) is -0.883. The summed E-state index contributed by atoms with van der Waals surface area (Å²) < 4.78 is 41.6. The molecule has 1 saturated carbocycles. The van der Waals surface area contributed by atoms with Crippen LogP contribution in [0.15, 0.2) is 66.7 Å². The standard InChI is InChI=1S/C29H26ClF3N4O3/c1-17-6-4-11-24(34-17)37-23(12-13-25(37)38)28(40)36(20-8-5-7-18(31)14-20)26(21-9-2-3-10-22(21)30)27(39)35-19-15-29(32,33)16-19/h2-11,14,19,23,26H,12-13,15-16H2,1H3,(H,35,39). The van der Waals surface area contributed by atoms with E-state index in [9.17, 15) is 27.6 Å². The van der Waals surface area contributed by atoms with Gasteiger partial charge in [0.05, 0.1) is 0 Å². The average molecular weight is 571 g/mol. The molecule has 2 unspecified atom stereocenters. The molecule has 1 saturated heterocycles. The van der Waals surface area contributed by atoms with Crippen molar-refractivity contribution in [3.8, 4) is 0 Å². The molecule has 1 N–H and O–H groups in total. The fourth-order valence-corrected chi connectivity index (χ4v) is 5.43. The third-order valence-corrected chi connectivity index (χ3v) is 7.43. The Kier molecular flexibility index (Phi) is 7.55. The minimum absolute atomic E-state index is 0.0421. The Morgan fingerprint density at radius 3 is 2.50 bits per heavy atom. The van der Waals surface area contributed by atoms with Crippen LogP contribution in [0.3, 0.4) is 0 Å². The van der Waals surface area contributed by atoms with Gasteiger partial charge in [0.2, 0.25) is 11.8 Å². The predicted molar refractivity (Wildman–Crippen MR) is 144 cm³/mol. The van der Waals surface area contributed by atoms with E-state index < -0.39 is 54.5 Å². The highest BCUT2D eigenvalue weighted by atomic mass is 35.5. The first-order chi connectivity index (χ1) is 19.0. The van der Waals surface area contributed by atoms with E-state index in [1.54, 1.807) is 43.3 Å². The maximum atomic E-state index is 14.5. The molecule has 0 spiro atoms. The zero-order valence-electron chi connectivity index (χ0n) is 21.5. The molecule has 2 heterocycles. The van der Waals surface area contributed by atoms with Crippen molar-refractivity contribution in [3.05, 3.63) is 88.8 Å². The lowest BCUT2D eigenvalue weighted by molar-refractivity contribution is -0.133. The van der Waals surface area contributed by atoms with E-state index in [-0.39, 0.29) is 40.8 Å². The number of carbonyl (C=O) groups is 3. The molecule has 2 aromatic carbocycles. The van der Waals surface area contributed by atoms with E-state index in [0.717, 1.165) is 11.0 Å². The zero-order valence-corrected chi connectivity index (χ0v) is 22.2. The molecule has 1 aromatic heterocycles. The van der Waals surface area contributed by atoms with Crippen molar-refractivity contribution < 1.29 is 27.6 Å². The molecular formula is C29H26ClF3N4O3. The van der Waals surface area contributed by atoms with Gasteiger partial charge >= 0.3 is 0 Å². The number of pyridine rings is 1. The molecule has 0 bridgehead atoms. The number of benzene rings is 2. The van der Waals surface area contributed by atoms with Crippen LogP contribution in [-0.2, 0) is 14.4 Å². The van der Waals surface area contributed by atoms with Crippen molar-refractivity contribution >= 4 is 40.8 Å². The Morgan fingerprint density at radius 1 is 1.10 bits per heavy atom. The van der Waals surface area contributed by atoms with E-state index in [4.69, 9.17) is 11.6 Å². The van der Waals surface area contributed by atoms with Gasteiger partial charge in [0.25, 0.3) is 11.8 Å². The normalized spacial score (nSPS) is 19.2. The Bertz CT molecular complexity index is 1460. The lowest BCUT2D eigenvalue weighted by Crippen LogP contribution is -2.56. The van der Waals surface area contributed by atoms with Gasteiger partial charge in [0.1, 0.15) is 23.7 Å². The summed E-state index contributed by atoms with van der Waals surface area (Å²) in [5, 5.41) is 2.76. The number of alkyl halides is 2. The van der Waals surface area contributed by atoms with Gasteiger partial charge in [0, 0.05) is 47.3 Å². The average Bonchev–Trinajstić information content (AvgIpc) is 3.27. The molecule has 1 aliphatic heterocycles. The summed E-state index contributed by atoms with van der Waals surface area (Å²) in [6, 6.07) is 13.2. The Labute approximate surface area is 233 Å². The number of hydrogen-bond donors (Lipinski definition) is 1. The van der Waals surface area contributed by atoms with Gasteiger partial charge in [-0.3, -0.25) is 24.2 Å². The Hall–Kier alpha value is -3.92. The number of amides is 3. The second-order valence-corrected chi connectivity index (χ2v) is 10.4. The third-order valence-electron chi connectivity index (χ3n) is 7.08. The number of halogens is 4. The number of nitrogens with zero attached hydrogens (tertiary/aromatic N) is 3. The van der Waals surface area contributed by atoms with Gasteiger partial charge in [-0.15, -0.1) is 0 Å². The van der Waals surface area contributed by atoms with Crippen molar-refractivity contribution in [1.29, 1.82) is 0 Å². The van der Waals surface area contributed by atoms with E-state index >= 15 is 0 Å². The molecule has 2 fully saturated rings. The first-order valence-corrected chi connectivity index (χ1v) is 13.2. The van der Waals surface area contributed by atoms with Gasteiger partial charge in [-0.1, -0.05) is 41.9 Å². The Morgan fingerprint density at radius 2 is 1.82 bits per heavy atom. The number of hydrogen-bond acceptors (Lipinski definition) is 4. The summed E-state index contributed by atoms with van der Waals surface area (Å²) in [4.78, 5) is 48.0. The molecule has 2 atom stereocenters. The van der Waals surface area contributed by atoms with Crippen LogP contribution in [0, 0.1) is 12.7 Å².